The molecule has 2 bridgehead atoms. The van der Waals surface area contributed by atoms with E-state index in [0.717, 1.165) is 31.2 Å². The average molecular weight is 518 g/mol. The normalized spacial score (nSPS) is 31.3. The van der Waals surface area contributed by atoms with Gasteiger partial charge in [-0.05, 0) is 23.9 Å². The molecule has 9 heteroatoms. The van der Waals surface area contributed by atoms with Crippen molar-refractivity contribution in [2.75, 3.05) is 6.61 Å². The van der Waals surface area contributed by atoms with Gasteiger partial charge in [0.15, 0.2) is 6.29 Å². The van der Waals surface area contributed by atoms with Crippen LogP contribution in [0.5, 0.6) is 0 Å². The maximum atomic E-state index is 9.58. The van der Waals surface area contributed by atoms with E-state index in [0.29, 0.717) is 13.2 Å². The molecule has 1 saturated carbocycles. The second kappa shape index (κ2) is 11.1. The third-order valence-electron chi connectivity index (χ3n) is 7.69. The predicted molar refractivity (Wildman–Crippen MR) is 141 cm³/mol. The van der Waals surface area contributed by atoms with E-state index in [2.05, 4.69) is 51.6 Å². The molecule has 0 amide bonds. The molecule has 1 aromatic carbocycles. The Bertz CT molecular complexity index is 892. The van der Waals surface area contributed by atoms with Crippen LogP contribution < -0.4 is 0 Å². The Hall–Kier alpha value is -1.45. The van der Waals surface area contributed by atoms with Crippen LogP contribution in [0, 0.1) is 0 Å². The molecule has 0 unspecified atom stereocenters. The first-order chi connectivity index (χ1) is 17.1. The summed E-state index contributed by atoms with van der Waals surface area (Å²) >= 11 is 0. The quantitative estimate of drug-likeness (QED) is 0.179. The third-order valence-corrected chi connectivity index (χ3v) is 12.8. The first kappa shape index (κ1) is 27.6. The summed E-state index contributed by atoms with van der Waals surface area (Å²) in [4.78, 5) is 3.21. The highest BCUT2D eigenvalue weighted by atomic mass is 28.4. The molecule has 3 aliphatic rings. The molecule has 36 heavy (non-hydrogen) atoms. The van der Waals surface area contributed by atoms with Gasteiger partial charge in [-0.25, -0.2) is 0 Å². The van der Waals surface area contributed by atoms with Crippen LogP contribution in [0.25, 0.3) is 10.4 Å². The van der Waals surface area contributed by atoms with E-state index < -0.39 is 39.2 Å². The Morgan fingerprint density at radius 3 is 2.31 bits per heavy atom. The molecular weight excluding hydrogens is 474 g/mol. The van der Waals surface area contributed by atoms with Crippen molar-refractivity contribution in [2.24, 2.45) is 5.11 Å². The van der Waals surface area contributed by atoms with E-state index >= 15 is 0 Å². The van der Waals surface area contributed by atoms with Crippen LogP contribution in [-0.4, -0.2) is 51.9 Å². The molecular formula is C27H43N3O5Si. The summed E-state index contributed by atoms with van der Waals surface area (Å²) in [6.07, 6.45) is 3.52. The lowest BCUT2D eigenvalue weighted by atomic mass is 9.95. The third kappa shape index (κ3) is 5.68. The summed E-state index contributed by atoms with van der Waals surface area (Å²) < 4.78 is 33.5. The van der Waals surface area contributed by atoms with Crippen LogP contribution in [0.15, 0.2) is 35.4 Å². The molecule has 200 valence electrons. The molecule has 3 fully saturated rings. The fourth-order valence-electron chi connectivity index (χ4n) is 6.15. The van der Waals surface area contributed by atoms with E-state index in [1.807, 2.05) is 30.3 Å². The van der Waals surface area contributed by atoms with Crippen LogP contribution in [-0.2, 0) is 29.7 Å². The minimum atomic E-state index is -2.92. The summed E-state index contributed by atoms with van der Waals surface area (Å²) in [6.45, 7) is 13.8. The topological polar surface area (TPSA) is 94.9 Å². The minimum absolute atomic E-state index is 0.0946. The molecule has 0 spiro atoms. The molecule has 4 rings (SSSR count). The highest BCUT2D eigenvalue weighted by molar-refractivity contribution is 6.73. The van der Waals surface area contributed by atoms with Crippen LogP contribution >= 0.6 is 0 Å². The van der Waals surface area contributed by atoms with Gasteiger partial charge in [0.05, 0.1) is 25.4 Å². The van der Waals surface area contributed by atoms with Crippen LogP contribution in [0.4, 0.5) is 0 Å². The number of ether oxygens (including phenoxy) is 3. The van der Waals surface area contributed by atoms with Gasteiger partial charge < -0.3 is 23.1 Å². The number of hydrogen-bond donors (Lipinski definition) is 0. The number of azide groups is 1. The van der Waals surface area contributed by atoms with Crippen LogP contribution in [0.2, 0.25) is 10.1 Å². The van der Waals surface area contributed by atoms with Crippen molar-refractivity contribution in [2.45, 2.75) is 127 Å². The summed E-state index contributed by atoms with van der Waals surface area (Å²) in [7, 11) is -2.92. The van der Waals surface area contributed by atoms with Gasteiger partial charge >= 0.3 is 8.56 Å². The van der Waals surface area contributed by atoms with Gasteiger partial charge in [-0.15, -0.1) is 0 Å². The van der Waals surface area contributed by atoms with Crippen molar-refractivity contribution in [3.05, 3.63) is 46.3 Å². The van der Waals surface area contributed by atoms with Crippen molar-refractivity contribution >= 4 is 8.56 Å². The standard InChI is InChI=1S/C27H43N3O5Si/c1-26(2,3)36(27(4,5)6)32-18-21-23(31-17-19-13-9-7-10-14-19)24(35-36)22(29-30-28)25(34-21)33-20-15-11-8-12-16-20/h7,9-10,13-14,20-25H,8,11-12,15-18H2,1-6H3/t21-,22-,23-,24-,25+/m1/s1. The maximum absolute atomic E-state index is 9.58. The fourth-order valence-corrected chi connectivity index (χ4v) is 11.1. The zero-order chi connectivity index (χ0) is 26.0. The van der Waals surface area contributed by atoms with Crippen molar-refractivity contribution in [1.29, 1.82) is 0 Å². The zero-order valence-corrected chi connectivity index (χ0v) is 23.7. The average Bonchev–Trinajstić information content (AvgIpc) is 2.95. The SMILES string of the molecule is CC(C)(C)[Si]1(C(C)(C)C)OC[C@H]2O[C@H](OC3CCCCC3)[C@H](N=[N+]=[N-])[C@@H](O1)[C@@H]2OCc1ccccc1. The second-order valence-corrected chi connectivity index (χ2v) is 17.2. The highest BCUT2D eigenvalue weighted by Gasteiger charge is 2.64. The summed E-state index contributed by atoms with van der Waals surface area (Å²) in [5.74, 6) is 0. The van der Waals surface area contributed by atoms with Gasteiger partial charge in [0, 0.05) is 15.0 Å². The van der Waals surface area contributed by atoms with Crippen molar-refractivity contribution in [1.82, 2.24) is 0 Å². The number of hydrogen-bond acceptors (Lipinski definition) is 6. The Labute approximate surface area is 216 Å². The minimum Gasteiger partial charge on any atom is -0.391 e. The predicted octanol–water partition coefficient (Wildman–Crippen LogP) is 6.78. The lowest BCUT2D eigenvalue weighted by molar-refractivity contribution is -0.278. The first-order valence-corrected chi connectivity index (χ1v) is 15.2. The number of benzene rings is 1. The maximum Gasteiger partial charge on any atom is 0.349 e. The molecule has 2 heterocycles. The Morgan fingerprint density at radius 1 is 1.03 bits per heavy atom. The second-order valence-electron chi connectivity index (χ2n) is 12.4. The number of fused-ring (bicyclic) bond motifs is 2. The van der Waals surface area contributed by atoms with Crippen LogP contribution in [0.1, 0.15) is 79.2 Å². The van der Waals surface area contributed by atoms with E-state index in [1.165, 1.54) is 6.42 Å². The van der Waals surface area contributed by atoms with Gasteiger partial charge in [0.2, 0.25) is 0 Å². The number of rotatable bonds is 6. The van der Waals surface area contributed by atoms with Gasteiger partial charge in [-0.3, -0.25) is 0 Å². The smallest absolute Gasteiger partial charge is 0.349 e. The van der Waals surface area contributed by atoms with Crippen molar-refractivity contribution < 1.29 is 23.1 Å². The number of nitrogens with zero attached hydrogens (tertiary/aromatic N) is 3. The molecule has 5 atom stereocenters. The summed E-state index contributed by atoms with van der Waals surface area (Å²) in [5.41, 5.74) is 10.6. The van der Waals surface area contributed by atoms with E-state index in [1.54, 1.807) is 0 Å². The van der Waals surface area contributed by atoms with E-state index in [9.17, 15) is 5.53 Å². The monoisotopic (exact) mass is 517 g/mol. The highest BCUT2D eigenvalue weighted by Crippen LogP contribution is 2.55. The van der Waals surface area contributed by atoms with Crippen molar-refractivity contribution in [3.63, 3.8) is 0 Å². The molecule has 1 aliphatic carbocycles. The Kier molecular flexibility index (Phi) is 8.51. The van der Waals surface area contributed by atoms with Crippen LogP contribution in [0.3, 0.4) is 0 Å². The Morgan fingerprint density at radius 2 is 1.69 bits per heavy atom. The van der Waals surface area contributed by atoms with E-state index in [4.69, 9.17) is 23.1 Å². The molecule has 2 saturated heterocycles. The van der Waals surface area contributed by atoms with Gasteiger partial charge in [-0.1, -0.05) is 96.3 Å². The molecule has 0 aromatic heterocycles. The Balaban J connectivity index is 1.70. The first-order valence-electron chi connectivity index (χ1n) is 13.4. The molecule has 1 aromatic rings. The zero-order valence-electron chi connectivity index (χ0n) is 22.7. The van der Waals surface area contributed by atoms with Gasteiger partial charge in [0.25, 0.3) is 0 Å². The van der Waals surface area contributed by atoms with E-state index in [-0.39, 0.29) is 16.2 Å². The summed E-state index contributed by atoms with van der Waals surface area (Å²) in [6, 6.07) is 9.38. The van der Waals surface area contributed by atoms with Gasteiger partial charge in [0.1, 0.15) is 18.2 Å². The molecule has 2 aliphatic heterocycles. The summed E-state index contributed by atoms with van der Waals surface area (Å²) in [5, 5.41) is 3.73. The molecule has 8 nitrogen and oxygen atoms in total. The lowest BCUT2D eigenvalue weighted by Gasteiger charge is -2.51. The van der Waals surface area contributed by atoms with Gasteiger partial charge in [-0.2, -0.15) is 0 Å². The largest absolute Gasteiger partial charge is 0.391 e. The molecule has 0 radical (unpaired) electrons. The lowest BCUT2D eigenvalue weighted by Crippen LogP contribution is -2.63. The van der Waals surface area contributed by atoms with Crippen molar-refractivity contribution in [3.8, 4) is 0 Å². The fraction of sp³-hybridized carbons (Fsp3) is 0.778. The molecule has 0 N–H and O–H groups in total.